The van der Waals surface area contributed by atoms with Gasteiger partial charge in [-0.05, 0) is 39.8 Å². The molecule has 2 aromatic carbocycles. The molecule has 1 heterocycles. The molecule has 0 spiro atoms. The van der Waals surface area contributed by atoms with Crippen LogP contribution in [-0.2, 0) is 9.59 Å². The van der Waals surface area contributed by atoms with Gasteiger partial charge in [-0.25, -0.2) is 4.98 Å². The van der Waals surface area contributed by atoms with Gasteiger partial charge in [-0.1, -0.05) is 24.3 Å². The van der Waals surface area contributed by atoms with Crippen molar-refractivity contribution >= 4 is 50.3 Å². The summed E-state index contributed by atoms with van der Waals surface area (Å²) in [7, 11) is 0. The number of halogens is 3. The summed E-state index contributed by atoms with van der Waals surface area (Å²) < 4.78 is 30.4. The van der Waals surface area contributed by atoms with E-state index >= 15 is 0 Å². The number of nitriles is 1. The van der Waals surface area contributed by atoms with Gasteiger partial charge >= 0.3 is 11.2 Å². The van der Waals surface area contributed by atoms with Gasteiger partial charge in [0.25, 0.3) is 0 Å². The molecule has 3 aromatic rings. The minimum atomic E-state index is -3.99. The van der Waals surface area contributed by atoms with Gasteiger partial charge in [-0.15, -0.1) is 0 Å². The van der Waals surface area contributed by atoms with Crippen LogP contribution in [0.2, 0.25) is 0 Å². The summed E-state index contributed by atoms with van der Waals surface area (Å²) in [6.45, 7) is -1.03. The van der Waals surface area contributed by atoms with E-state index in [1.807, 2.05) is 0 Å². The van der Waals surface area contributed by atoms with Gasteiger partial charge in [0.1, 0.15) is 4.60 Å². The van der Waals surface area contributed by atoms with Crippen molar-refractivity contribution in [2.75, 3.05) is 6.54 Å². The zero-order valence-electron chi connectivity index (χ0n) is 14.4. The lowest BCUT2D eigenvalue weighted by Gasteiger charge is -2.17. The fraction of sp³-hybridized carbons (Fsp3) is 0.111. The molecule has 1 N–H and O–H groups in total. The average Bonchev–Trinajstić information content (AvgIpc) is 3.04. The lowest BCUT2D eigenvalue weighted by atomic mass is 10.0. The Morgan fingerprint density at radius 2 is 1.97 bits per heavy atom. The molecule has 0 aliphatic heterocycles. The van der Waals surface area contributed by atoms with Crippen LogP contribution in [0.1, 0.15) is 5.56 Å². The van der Waals surface area contributed by atoms with Gasteiger partial charge in [-0.3, -0.25) is 9.36 Å². The van der Waals surface area contributed by atoms with Crippen LogP contribution in [0.3, 0.4) is 0 Å². The van der Waals surface area contributed by atoms with E-state index in [9.17, 15) is 28.7 Å². The molecule has 0 fully saturated rings. The largest absolute Gasteiger partial charge is 0.548 e. The molecule has 0 bridgehead atoms. The van der Waals surface area contributed by atoms with Gasteiger partial charge < -0.3 is 15.2 Å². The van der Waals surface area contributed by atoms with Crippen LogP contribution in [0.4, 0.5) is 8.78 Å². The van der Waals surface area contributed by atoms with Gasteiger partial charge in [-0.2, -0.15) is 14.0 Å². The third-order valence-electron chi connectivity index (χ3n) is 3.83. The molecule has 1 aromatic heterocycles. The molecule has 11 heteroatoms. The third kappa shape index (κ3) is 4.23. The summed E-state index contributed by atoms with van der Waals surface area (Å²) in [4.78, 5) is 26.0. The minimum Gasteiger partial charge on any atom is -0.548 e. The van der Waals surface area contributed by atoms with Gasteiger partial charge in [0.2, 0.25) is 0 Å². The number of carbonyl (C=O) groups excluding carboxylic acids is 2. The van der Waals surface area contributed by atoms with E-state index in [-0.39, 0.29) is 16.9 Å². The van der Waals surface area contributed by atoms with Crippen LogP contribution in [0.15, 0.2) is 52.4 Å². The number of benzene rings is 2. The van der Waals surface area contributed by atoms with Crippen LogP contribution >= 0.6 is 27.7 Å². The Balaban J connectivity index is 2.04. The second-order valence-corrected chi connectivity index (χ2v) is 7.56. The van der Waals surface area contributed by atoms with Crippen molar-refractivity contribution in [1.82, 2.24) is 14.9 Å². The van der Waals surface area contributed by atoms with Crippen LogP contribution in [0.5, 0.6) is 0 Å². The molecule has 1 amide bonds. The number of alkyl halides is 2. The molecule has 0 saturated carbocycles. The van der Waals surface area contributed by atoms with Crippen LogP contribution in [0, 0.1) is 11.3 Å². The Hall–Kier alpha value is -2.97. The van der Waals surface area contributed by atoms with Crippen LogP contribution < -0.4 is 10.4 Å². The molecular formula is C18H10BrF2N4O3S-. The second-order valence-electron chi connectivity index (χ2n) is 5.66. The maximum Gasteiger partial charge on any atom is 0.377 e. The average molecular weight is 480 g/mol. The smallest absolute Gasteiger partial charge is 0.377 e. The number of hydrogen-bond donors (Lipinski definition) is 1. The van der Waals surface area contributed by atoms with Crippen molar-refractivity contribution in [2.24, 2.45) is 0 Å². The number of carbonyl (C=O) groups is 2. The Labute approximate surface area is 175 Å². The van der Waals surface area contributed by atoms with Crippen LogP contribution in [0.25, 0.3) is 16.5 Å². The van der Waals surface area contributed by atoms with Crippen molar-refractivity contribution in [2.45, 2.75) is 10.4 Å². The quantitative estimate of drug-likeness (QED) is 0.542. The first-order valence-electron chi connectivity index (χ1n) is 7.95. The number of fused-ring (bicyclic) bond motifs is 1. The molecule has 0 atom stereocenters. The first kappa shape index (κ1) is 20.8. The molecule has 29 heavy (non-hydrogen) atoms. The summed E-state index contributed by atoms with van der Waals surface area (Å²) in [5.74, 6) is -3.46. The van der Waals surface area contributed by atoms with Crippen molar-refractivity contribution in [3.05, 3.63) is 52.8 Å². The number of amides is 1. The normalized spacial score (nSPS) is 11.2. The summed E-state index contributed by atoms with van der Waals surface area (Å²) in [5, 5.41) is 18.3. The van der Waals surface area contributed by atoms with E-state index in [2.05, 4.69) is 27.0 Å². The molecule has 3 rings (SSSR count). The Kier molecular flexibility index (Phi) is 5.86. The first-order valence-corrected chi connectivity index (χ1v) is 9.56. The van der Waals surface area contributed by atoms with Crippen molar-refractivity contribution in [1.29, 1.82) is 5.26 Å². The third-order valence-corrected chi connectivity index (χ3v) is 5.30. The lowest BCUT2D eigenvalue weighted by molar-refractivity contribution is -0.304. The zero-order valence-corrected chi connectivity index (χ0v) is 16.8. The highest BCUT2D eigenvalue weighted by molar-refractivity contribution is 9.10. The van der Waals surface area contributed by atoms with Crippen molar-refractivity contribution in [3.8, 4) is 11.8 Å². The highest BCUT2D eigenvalue weighted by Crippen LogP contribution is 2.39. The number of hydrogen-bond acceptors (Lipinski definition) is 6. The predicted octanol–water partition coefficient (Wildman–Crippen LogP) is 2.21. The number of nitrogens with zero attached hydrogens (tertiary/aromatic N) is 3. The van der Waals surface area contributed by atoms with E-state index < -0.39 is 23.7 Å². The molecular weight excluding hydrogens is 470 g/mol. The van der Waals surface area contributed by atoms with Gasteiger partial charge in [0.05, 0.1) is 36.0 Å². The monoisotopic (exact) mass is 479 g/mol. The van der Waals surface area contributed by atoms with E-state index in [0.29, 0.717) is 26.6 Å². The SMILES string of the molecule is N#Cc1ccc(-n2c(Br)cnc2SC(F)(F)C(=O)NCC(=O)[O-])c2ccccc12. The summed E-state index contributed by atoms with van der Waals surface area (Å²) in [5.41, 5.74) is 0.888. The van der Waals surface area contributed by atoms with E-state index in [4.69, 9.17) is 0 Å². The molecule has 0 aliphatic carbocycles. The number of nitrogens with one attached hydrogen (secondary N) is 1. The number of imidazole rings is 1. The fourth-order valence-corrected chi connectivity index (χ4v) is 3.96. The van der Waals surface area contributed by atoms with Gasteiger partial charge in [0, 0.05) is 10.8 Å². The first-order chi connectivity index (χ1) is 13.7. The van der Waals surface area contributed by atoms with Crippen LogP contribution in [-0.4, -0.2) is 33.2 Å². The van der Waals surface area contributed by atoms with Crippen molar-refractivity contribution < 1.29 is 23.5 Å². The highest BCUT2D eigenvalue weighted by atomic mass is 79.9. The summed E-state index contributed by atoms with van der Waals surface area (Å²) in [6, 6.07) is 12.2. The predicted molar refractivity (Wildman–Crippen MR) is 102 cm³/mol. The maximum absolute atomic E-state index is 14.3. The number of rotatable bonds is 6. The number of aliphatic carboxylic acids is 1. The number of carboxylic acids is 1. The second kappa shape index (κ2) is 8.18. The standard InChI is InChI=1S/C18H11BrF2N4O3S/c19-14-8-24-17(29-18(20,21)16(28)23-9-15(26)27)25(14)13-6-5-10(7-22)11-3-1-2-4-12(11)13/h1-6,8H,9H2,(H,23,28)(H,26,27)/p-1. The number of thioether (sulfide) groups is 1. The number of aromatic nitrogens is 2. The molecule has 0 aliphatic rings. The molecule has 0 radical (unpaired) electrons. The van der Waals surface area contributed by atoms with Crippen molar-refractivity contribution in [3.63, 3.8) is 0 Å². The van der Waals surface area contributed by atoms with E-state index in [0.717, 1.165) is 0 Å². The maximum atomic E-state index is 14.3. The molecule has 0 unspecified atom stereocenters. The molecule has 0 saturated heterocycles. The Morgan fingerprint density at radius 3 is 2.62 bits per heavy atom. The molecule has 148 valence electrons. The van der Waals surface area contributed by atoms with Gasteiger partial charge in [0.15, 0.2) is 5.16 Å². The zero-order chi connectivity index (χ0) is 21.2. The van der Waals surface area contributed by atoms with E-state index in [1.54, 1.807) is 41.7 Å². The Morgan fingerprint density at radius 1 is 1.28 bits per heavy atom. The topological polar surface area (TPSA) is 111 Å². The lowest BCUT2D eigenvalue weighted by Crippen LogP contribution is -2.44. The minimum absolute atomic E-state index is 0.135. The number of carboxylic acid groups (broad SMARTS) is 1. The summed E-state index contributed by atoms with van der Waals surface area (Å²) in [6.07, 6.45) is 1.30. The molecule has 7 nitrogen and oxygen atoms in total. The fourth-order valence-electron chi connectivity index (χ4n) is 2.60. The Bertz CT molecular complexity index is 1160. The summed E-state index contributed by atoms with van der Waals surface area (Å²) >= 11 is 3.12. The highest BCUT2D eigenvalue weighted by Gasteiger charge is 2.42. The van der Waals surface area contributed by atoms with E-state index in [1.165, 1.54) is 10.8 Å².